The van der Waals surface area contributed by atoms with Crippen molar-refractivity contribution in [3.05, 3.63) is 48.3 Å². The number of hydrogen-bond donors (Lipinski definition) is 1. The van der Waals surface area contributed by atoms with Crippen LogP contribution in [-0.2, 0) is 16.0 Å². The van der Waals surface area contributed by atoms with E-state index >= 15 is 0 Å². The standard InChI is InChI=1S/C14H15N3O2/c18-14(13-10-19-13)15-7-6-11-8-16-17(9-11)12-4-2-1-3-5-12/h1-5,8-9,13H,6-7,10H2,(H,15,18). The highest BCUT2D eigenvalue weighted by molar-refractivity contribution is 5.82. The lowest BCUT2D eigenvalue weighted by molar-refractivity contribution is -0.122. The van der Waals surface area contributed by atoms with E-state index in [9.17, 15) is 4.79 Å². The van der Waals surface area contributed by atoms with E-state index < -0.39 is 0 Å². The maximum atomic E-state index is 11.4. The fourth-order valence-electron chi connectivity index (χ4n) is 1.85. The minimum atomic E-state index is -0.216. The first kappa shape index (κ1) is 11.9. The molecule has 1 aliphatic heterocycles. The van der Waals surface area contributed by atoms with Gasteiger partial charge in [-0.3, -0.25) is 4.79 Å². The van der Waals surface area contributed by atoms with Crippen molar-refractivity contribution in [2.45, 2.75) is 12.5 Å². The highest BCUT2D eigenvalue weighted by Gasteiger charge is 2.30. The maximum absolute atomic E-state index is 11.4. The summed E-state index contributed by atoms with van der Waals surface area (Å²) < 4.78 is 6.74. The van der Waals surface area contributed by atoms with Crippen molar-refractivity contribution in [1.29, 1.82) is 0 Å². The molecule has 1 saturated heterocycles. The number of aromatic nitrogens is 2. The SMILES string of the molecule is O=C(NCCc1cnn(-c2ccccc2)c1)C1CO1. The van der Waals surface area contributed by atoms with Crippen molar-refractivity contribution in [2.24, 2.45) is 0 Å². The Balaban J connectivity index is 1.54. The largest absolute Gasteiger partial charge is 0.363 e. The van der Waals surface area contributed by atoms with Crippen LogP contribution in [0.5, 0.6) is 0 Å². The summed E-state index contributed by atoms with van der Waals surface area (Å²) in [5.41, 5.74) is 2.13. The number of amides is 1. The zero-order valence-corrected chi connectivity index (χ0v) is 10.5. The van der Waals surface area contributed by atoms with Crippen LogP contribution >= 0.6 is 0 Å². The topological polar surface area (TPSA) is 59.5 Å². The molecule has 2 aromatic rings. The smallest absolute Gasteiger partial charge is 0.251 e. The molecule has 19 heavy (non-hydrogen) atoms. The maximum Gasteiger partial charge on any atom is 0.251 e. The van der Waals surface area contributed by atoms with Gasteiger partial charge in [-0.25, -0.2) is 4.68 Å². The van der Waals surface area contributed by atoms with E-state index in [1.807, 2.05) is 47.4 Å². The molecule has 5 nitrogen and oxygen atoms in total. The number of nitrogens with zero attached hydrogens (tertiary/aromatic N) is 2. The number of ether oxygens (including phenoxy) is 1. The summed E-state index contributed by atoms with van der Waals surface area (Å²) in [6.45, 7) is 1.16. The summed E-state index contributed by atoms with van der Waals surface area (Å²) in [6.07, 6.45) is 4.36. The highest BCUT2D eigenvalue weighted by Crippen LogP contribution is 2.09. The third-order valence-electron chi connectivity index (χ3n) is 3.00. The average molecular weight is 257 g/mol. The molecule has 0 radical (unpaired) electrons. The van der Waals surface area contributed by atoms with Gasteiger partial charge in [-0.1, -0.05) is 18.2 Å². The molecule has 98 valence electrons. The second-order valence-electron chi connectivity index (χ2n) is 4.49. The molecule has 0 bridgehead atoms. The van der Waals surface area contributed by atoms with Crippen LogP contribution in [0.15, 0.2) is 42.7 Å². The first-order chi connectivity index (χ1) is 9.33. The van der Waals surface area contributed by atoms with Crippen LogP contribution in [0.2, 0.25) is 0 Å². The minimum absolute atomic E-state index is 0.0181. The van der Waals surface area contributed by atoms with Gasteiger partial charge in [-0.05, 0) is 24.1 Å². The Bertz CT molecular complexity index is 561. The molecule has 1 aromatic heterocycles. The van der Waals surface area contributed by atoms with Gasteiger partial charge < -0.3 is 10.1 Å². The molecule has 1 unspecified atom stereocenters. The number of rotatable bonds is 5. The molecule has 1 amide bonds. The van der Waals surface area contributed by atoms with E-state index in [1.54, 1.807) is 0 Å². The number of para-hydroxylation sites is 1. The van der Waals surface area contributed by atoms with Crippen LogP contribution in [0.3, 0.4) is 0 Å². The Morgan fingerprint density at radius 2 is 2.21 bits per heavy atom. The van der Waals surface area contributed by atoms with Crippen LogP contribution in [0.25, 0.3) is 5.69 Å². The number of carbonyl (C=O) groups excluding carboxylic acids is 1. The zero-order valence-electron chi connectivity index (χ0n) is 10.5. The van der Waals surface area contributed by atoms with Gasteiger partial charge in [-0.2, -0.15) is 5.10 Å². The van der Waals surface area contributed by atoms with Crippen molar-refractivity contribution in [3.63, 3.8) is 0 Å². The van der Waals surface area contributed by atoms with Crippen LogP contribution in [0.1, 0.15) is 5.56 Å². The quantitative estimate of drug-likeness (QED) is 0.811. The number of benzene rings is 1. The summed E-state index contributed by atoms with van der Waals surface area (Å²) in [6, 6.07) is 9.94. The molecule has 5 heteroatoms. The number of nitrogens with one attached hydrogen (secondary N) is 1. The van der Waals surface area contributed by atoms with Crippen molar-refractivity contribution in [2.75, 3.05) is 13.2 Å². The van der Waals surface area contributed by atoms with Gasteiger partial charge in [0.05, 0.1) is 18.5 Å². The molecule has 2 heterocycles. The van der Waals surface area contributed by atoms with Crippen LogP contribution < -0.4 is 5.32 Å². The van der Waals surface area contributed by atoms with E-state index in [0.717, 1.165) is 17.7 Å². The fraction of sp³-hybridized carbons (Fsp3) is 0.286. The Kier molecular flexibility index (Phi) is 3.29. The molecular formula is C14H15N3O2. The molecular weight excluding hydrogens is 242 g/mol. The Morgan fingerprint density at radius 3 is 2.95 bits per heavy atom. The minimum Gasteiger partial charge on any atom is -0.363 e. The number of epoxide rings is 1. The first-order valence-corrected chi connectivity index (χ1v) is 6.31. The molecule has 1 aromatic carbocycles. The average Bonchev–Trinajstić information content (AvgIpc) is 3.20. The second kappa shape index (κ2) is 5.24. The Labute approximate surface area is 111 Å². The monoisotopic (exact) mass is 257 g/mol. The van der Waals surface area contributed by atoms with Gasteiger partial charge in [0.15, 0.2) is 6.10 Å². The predicted octanol–water partition coefficient (Wildman–Crippen LogP) is 0.930. The molecule has 0 spiro atoms. The van der Waals surface area contributed by atoms with Crippen LogP contribution in [0, 0.1) is 0 Å². The van der Waals surface area contributed by atoms with Crippen LogP contribution in [0.4, 0.5) is 0 Å². The molecule has 3 rings (SSSR count). The number of hydrogen-bond acceptors (Lipinski definition) is 3. The van der Waals surface area contributed by atoms with Gasteiger partial charge in [0.25, 0.3) is 5.91 Å². The van der Waals surface area contributed by atoms with E-state index in [-0.39, 0.29) is 12.0 Å². The first-order valence-electron chi connectivity index (χ1n) is 6.31. The van der Waals surface area contributed by atoms with Gasteiger partial charge in [0.1, 0.15) is 0 Å². The lowest BCUT2D eigenvalue weighted by Gasteiger charge is -2.01. The molecule has 0 saturated carbocycles. The van der Waals surface area contributed by atoms with E-state index in [0.29, 0.717) is 13.2 Å². The van der Waals surface area contributed by atoms with Crippen molar-refractivity contribution >= 4 is 5.91 Å². The van der Waals surface area contributed by atoms with E-state index in [2.05, 4.69) is 10.4 Å². The van der Waals surface area contributed by atoms with Gasteiger partial charge in [0.2, 0.25) is 0 Å². The fourth-order valence-corrected chi connectivity index (χ4v) is 1.85. The van der Waals surface area contributed by atoms with Gasteiger partial charge >= 0.3 is 0 Å². The normalized spacial score (nSPS) is 17.2. The Morgan fingerprint density at radius 1 is 1.42 bits per heavy atom. The lowest BCUT2D eigenvalue weighted by Crippen LogP contribution is -2.29. The number of carbonyl (C=O) groups is 1. The van der Waals surface area contributed by atoms with Gasteiger partial charge in [-0.15, -0.1) is 0 Å². The molecule has 1 aliphatic rings. The summed E-state index contributed by atoms with van der Waals surface area (Å²) in [7, 11) is 0. The zero-order chi connectivity index (χ0) is 13.1. The summed E-state index contributed by atoms with van der Waals surface area (Å²) >= 11 is 0. The predicted molar refractivity (Wildman–Crippen MR) is 70.0 cm³/mol. The molecule has 1 fully saturated rings. The van der Waals surface area contributed by atoms with Gasteiger partial charge in [0, 0.05) is 12.7 Å². The van der Waals surface area contributed by atoms with Crippen LogP contribution in [-0.4, -0.2) is 34.9 Å². The molecule has 0 aliphatic carbocycles. The third-order valence-corrected chi connectivity index (χ3v) is 3.00. The van der Waals surface area contributed by atoms with Crippen molar-refractivity contribution in [1.82, 2.24) is 15.1 Å². The molecule has 1 N–H and O–H groups in total. The van der Waals surface area contributed by atoms with E-state index in [1.165, 1.54) is 0 Å². The molecule has 1 atom stereocenters. The lowest BCUT2D eigenvalue weighted by atomic mass is 10.2. The van der Waals surface area contributed by atoms with Crippen molar-refractivity contribution in [3.8, 4) is 5.69 Å². The Hall–Kier alpha value is -2.14. The van der Waals surface area contributed by atoms with Crippen molar-refractivity contribution < 1.29 is 9.53 Å². The van der Waals surface area contributed by atoms with E-state index in [4.69, 9.17) is 4.74 Å². The summed E-state index contributed by atoms with van der Waals surface area (Å²) in [4.78, 5) is 11.4. The summed E-state index contributed by atoms with van der Waals surface area (Å²) in [5.74, 6) is -0.0181. The highest BCUT2D eigenvalue weighted by atomic mass is 16.6. The second-order valence-corrected chi connectivity index (χ2v) is 4.49. The summed E-state index contributed by atoms with van der Waals surface area (Å²) in [5, 5.41) is 7.15. The third kappa shape index (κ3) is 3.00.